The Balaban J connectivity index is 1.71. The molecule has 0 bridgehead atoms. The molecule has 4 heteroatoms. The lowest BCUT2D eigenvalue weighted by Crippen LogP contribution is -2.49. The van der Waals surface area contributed by atoms with Crippen LogP contribution in [-0.4, -0.2) is 48.4 Å². The smallest absolute Gasteiger partial charge is 0.227 e. The molecule has 0 aliphatic carbocycles. The van der Waals surface area contributed by atoms with Crippen LogP contribution in [0.3, 0.4) is 0 Å². The van der Waals surface area contributed by atoms with Crippen molar-refractivity contribution in [3.05, 3.63) is 35.6 Å². The first kappa shape index (κ1) is 16.9. The molecule has 2 rings (SSSR count). The Bertz CT molecular complexity index is 464. The van der Waals surface area contributed by atoms with Gasteiger partial charge in [-0.15, -0.1) is 0 Å². The molecule has 0 atom stereocenters. The summed E-state index contributed by atoms with van der Waals surface area (Å²) in [7, 11) is 0. The first-order valence-electron chi connectivity index (χ1n) is 8.29. The Kier molecular flexibility index (Phi) is 6.37. The van der Waals surface area contributed by atoms with E-state index in [1.54, 1.807) is 12.1 Å². The van der Waals surface area contributed by atoms with Crippen molar-refractivity contribution in [2.24, 2.45) is 5.92 Å². The summed E-state index contributed by atoms with van der Waals surface area (Å²) >= 11 is 0. The fourth-order valence-corrected chi connectivity index (χ4v) is 2.83. The summed E-state index contributed by atoms with van der Waals surface area (Å²) in [6.07, 6.45) is 2.87. The zero-order valence-electron chi connectivity index (χ0n) is 13.7. The van der Waals surface area contributed by atoms with Crippen molar-refractivity contribution < 1.29 is 9.18 Å². The van der Waals surface area contributed by atoms with Crippen LogP contribution in [0.1, 0.15) is 32.3 Å². The highest BCUT2D eigenvalue weighted by molar-refractivity contribution is 5.78. The summed E-state index contributed by atoms with van der Waals surface area (Å²) in [5.74, 6) is 0.651. The van der Waals surface area contributed by atoms with Crippen LogP contribution in [0.15, 0.2) is 24.3 Å². The Hall–Kier alpha value is -1.42. The maximum atomic E-state index is 12.9. The van der Waals surface area contributed by atoms with Crippen molar-refractivity contribution in [1.82, 2.24) is 9.80 Å². The first-order valence-corrected chi connectivity index (χ1v) is 8.29. The van der Waals surface area contributed by atoms with Gasteiger partial charge in [-0.25, -0.2) is 4.39 Å². The molecule has 122 valence electrons. The van der Waals surface area contributed by atoms with Crippen LogP contribution < -0.4 is 0 Å². The lowest BCUT2D eigenvalue weighted by atomic mass is 10.1. The number of hydrogen-bond donors (Lipinski definition) is 0. The van der Waals surface area contributed by atoms with E-state index in [1.165, 1.54) is 25.0 Å². The maximum Gasteiger partial charge on any atom is 0.227 e. The third-order valence-corrected chi connectivity index (χ3v) is 4.25. The Morgan fingerprint density at radius 3 is 2.36 bits per heavy atom. The number of amides is 1. The topological polar surface area (TPSA) is 23.6 Å². The van der Waals surface area contributed by atoms with Crippen molar-refractivity contribution in [1.29, 1.82) is 0 Å². The number of carbonyl (C=O) groups excluding carboxylic acids is 1. The fraction of sp³-hybridized carbons (Fsp3) is 0.611. The van der Waals surface area contributed by atoms with Crippen LogP contribution >= 0.6 is 0 Å². The second-order valence-electron chi connectivity index (χ2n) is 6.56. The summed E-state index contributed by atoms with van der Waals surface area (Å²) in [6.45, 7) is 9.19. The van der Waals surface area contributed by atoms with Gasteiger partial charge < -0.3 is 4.90 Å². The van der Waals surface area contributed by atoms with Crippen LogP contribution in [0.25, 0.3) is 0 Å². The molecule has 0 unspecified atom stereocenters. The van der Waals surface area contributed by atoms with E-state index in [-0.39, 0.29) is 11.7 Å². The largest absolute Gasteiger partial charge is 0.340 e. The van der Waals surface area contributed by atoms with E-state index >= 15 is 0 Å². The molecule has 0 spiro atoms. The highest BCUT2D eigenvalue weighted by atomic mass is 19.1. The lowest BCUT2D eigenvalue weighted by Gasteiger charge is -2.35. The fourth-order valence-electron chi connectivity index (χ4n) is 2.83. The molecule has 1 amide bonds. The number of piperazine rings is 1. The third kappa shape index (κ3) is 5.41. The number of hydrogen-bond acceptors (Lipinski definition) is 2. The third-order valence-electron chi connectivity index (χ3n) is 4.25. The second kappa shape index (κ2) is 8.28. The molecule has 1 aromatic carbocycles. The standard InChI is InChI=1S/C18H27FN2O/c1-15(2)4-3-9-20-10-12-21(13-11-20)18(22)14-16-5-7-17(19)8-6-16/h5-8,15H,3-4,9-14H2,1-2H3. The van der Waals surface area contributed by atoms with Gasteiger partial charge in [0.1, 0.15) is 5.82 Å². The summed E-state index contributed by atoms with van der Waals surface area (Å²) < 4.78 is 12.9. The van der Waals surface area contributed by atoms with Gasteiger partial charge in [0.25, 0.3) is 0 Å². The van der Waals surface area contributed by atoms with Gasteiger partial charge in [-0.05, 0) is 43.0 Å². The van der Waals surface area contributed by atoms with Crippen LogP contribution in [0.4, 0.5) is 4.39 Å². The molecule has 1 saturated heterocycles. The minimum atomic E-state index is -0.258. The quantitative estimate of drug-likeness (QED) is 0.807. The summed E-state index contributed by atoms with van der Waals surface area (Å²) in [5, 5.41) is 0. The van der Waals surface area contributed by atoms with Crippen molar-refractivity contribution in [2.45, 2.75) is 33.1 Å². The Morgan fingerprint density at radius 2 is 1.77 bits per heavy atom. The van der Waals surface area contributed by atoms with E-state index < -0.39 is 0 Å². The van der Waals surface area contributed by atoms with Crippen molar-refractivity contribution in [2.75, 3.05) is 32.7 Å². The van der Waals surface area contributed by atoms with E-state index in [4.69, 9.17) is 0 Å². The number of rotatable bonds is 6. The zero-order chi connectivity index (χ0) is 15.9. The van der Waals surface area contributed by atoms with E-state index in [2.05, 4.69) is 18.7 Å². The van der Waals surface area contributed by atoms with Crippen LogP contribution in [-0.2, 0) is 11.2 Å². The molecule has 1 aliphatic heterocycles. The van der Waals surface area contributed by atoms with Crippen LogP contribution in [0, 0.1) is 11.7 Å². The normalized spacial score (nSPS) is 16.3. The minimum absolute atomic E-state index is 0.147. The molecule has 1 fully saturated rings. The van der Waals surface area contributed by atoms with E-state index in [0.29, 0.717) is 6.42 Å². The highest BCUT2D eigenvalue weighted by Gasteiger charge is 2.20. The molecular formula is C18H27FN2O. The minimum Gasteiger partial charge on any atom is -0.340 e. The van der Waals surface area contributed by atoms with Gasteiger partial charge in [0, 0.05) is 26.2 Å². The van der Waals surface area contributed by atoms with Gasteiger partial charge in [-0.1, -0.05) is 26.0 Å². The molecular weight excluding hydrogens is 279 g/mol. The molecule has 1 aliphatic rings. The summed E-state index contributed by atoms with van der Waals surface area (Å²) in [5.41, 5.74) is 0.880. The van der Waals surface area contributed by atoms with Crippen molar-refractivity contribution in [3.8, 4) is 0 Å². The maximum absolute atomic E-state index is 12.9. The predicted octanol–water partition coefficient (Wildman–Crippen LogP) is 2.95. The molecule has 0 aromatic heterocycles. The Labute approximate surface area is 133 Å². The van der Waals surface area contributed by atoms with Crippen LogP contribution in [0.5, 0.6) is 0 Å². The van der Waals surface area contributed by atoms with Gasteiger partial charge in [-0.3, -0.25) is 9.69 Å². The molecule has 0 N–H and O–H groups in total. The zero-order valence-corrected chi connectivity index (χ0v) is 13.7. The lowest BCUT2D eigenvalue weighted by molar-refractivity contribution is -0.132. The number of nitrogens with zero attached hydrogens (tertiary/aromatic N) is 2. The number of halogens is 1. The van der Waals surface area contributed by atoms with Gasteiger partial charge in [-0.2, -0.15) is 0 Å². The van der Waals surface area contributed by atoms with E-state index in [0.717, 1.165) is 44.2 Å². The molecule has 0 saturated carbocycles. The van der Waals surface area contributed by atoms with Gasteiger partial charge in [0.2, 0.25) is 5.91 Å². The average molecular weight is 306 g/mol. The van der Waals surface area contributed by atoms with Crippen LogP contribution in [0.2, 0.25) is 0 Å². The molecule has 1 aromatic rings. The first-order chi connectivity index (χ1) is 10.5. The monoisotopic (exact) mass is 306 g/mol. The second-order valence-corrected chi connectivity index (χ2v) is 6.56. The van der Waals surface area contributed by atoms with E-state index in [1.807, 2.05) is 4.90 Å². The van der Waals surface area contributed by atoms with Crippen molar-refractivity contribution >= 4 is 5.91 Å². The highest BCUT2D eigenvalue weighted by Crippen LogP contribution is 2.10. The molecule has 3 nitrogen and oxygen atoms in total. The number of benzene rings is 1. The molecule has 0 radical (unpaired) electrons. The van der Waals surface area contributed by atoms with Gasteiger partial charge >= 0.3 is 0 Å². The van der Waals surface area contributed by atoms with Gasteiger partial charge in [0.05, 0.1) is 6.42 Å². The van der Waals surface area contributed by atoms with E-state index in [9.17, 15) is 9.18 Å². The van der Waals surface area contributed by atoms with Crippen molar-refractivity contribution in [3.63, 3.8) is 0 Å². The molecule has 22 heavy (non-hydrogen) atoms. The summed E-state index contributed by atoms with van der Waals surface area (Å²) in [6, 6.07) is 6.20. The SMILES string of the molecule is CC(C)CCCN1CCN(C(=O)Cc2ccc(F)cc2)CC1. The Morgan fingerprint density at radius 1 is 1.14 bits per heavy atom. The van der Waals surface area contributed by atoms with Gasteiger partial charge in [0.15, 0.2) is 0 Å². The summed E-state index contributed by atoms with van der Waals surface area (Å²) in [4.78, 5) is 16.7. The number of carbonyl (C=O) groups is 1. The molecule has 1 heterocycles. The predicted molar refractivity (Wildman–Crippen MR) is 87.2 cm³/mol. The average Bonchev–Trinajstić information content (AvgIpc) is 2.50.